The molecular formula is C20H26N2O2. The highest BCUT2D eigenvalue weighted by Gasteiger charge is 2.13. The fourth-order valence-corrected chi connectivity index (χ4v) is 2.32. The highest BCUT2D eigenvalue weighted by molar-refractivity contribution is 5.92. The highest BCUT2D eigenvalue weighted by atomic mass is 16.5. The second-order valence-electron chi connectivity index (χ2n) is 6.83. The minimum absolute atomic E-state index is 0.0491. The molecule has 2 aromatic carbocycles. The summed E-state index contributed by atoms with van der Waals surface area (Å²) in [6.07, 6.45) is 0. The molecule has 0 unspecified atom stereocenters. The Balaban J connectivity index is 1.78. The third-order valence-corrected chi connectivity index (χ3v) is 3.81. The van der Waals surface area contributed by atoms with Crippen LogP contribution in [-0.2, 0) is 16.8 Å². The summed E-state index contributed by atoms with van der Waals surface area (Å²) >= 11 is 0. The molecular weight excluding hydrogens is 300 g/mol. The molecule has 0 spiro atoms. The largest absolute Gasteiger partial charge is 0.497 e. The van der Waals surface area contributed by atoms with Gasteiger partial charge in [0, 0.05) is 12.2 Å². The van der Waals surface area contributed by atoms with E-state index >= 15 is 0 Å². The lowest BCUT2D eigenvalue weighted by Crippen LogP contribution is -2.27. The van der Waals surface area contributed by atoms with E-state index in [4.69, 9.17) is 4.74 Å². The van der Waals surface area contributed by atoms with Crippen LogP contribution in [0, 0.1) is 0 Å². The van der Waals surface area contributed by atoms with E-state index in [-0.39, 0.29) is 17.9 Å². The van der Waals surface area contributed by atoms with Crippen LogP contribution >= 0.6 is 0 Å². The molecule has 0 fully saturated rings. The number of carbonyl (C=O) groups is 1. The molecule has 4 nitrogen and oxygen atoms in total. The average molecular weight is 326 g/mol. The van der Waals surface area contributed by atoms with Crippen molar-refractivity contribution < 1.29 is 9.53 Å². The minimum Gasteiger partial charge on any atom is -0.497 e. The Hall–Kier alpha value is -2.33. The van der Waals surface area contributed by atoms with Gasteiger partial charge in [-0.1, -0.05) is 45.0 Å². The van der Waals surface area contributed by atoms with E-state index < -0.39 is 0 Å². The fraction of sp³-hybridized carbons (Fsp3) is 0.350. The van der Waals surface area contributed by atoms with Gasteiger partial charge in [0.2, 0.25) is 5.91 Å². The molecule has 24 heavy (non-hydrogen) atoms. The summed E-state index contributed by atoms with van der Waals surface area (Å²) < 4.78 is 5.12. The van der Waals surface area contributed by atoms with E-state index in [0.29, 0.717) is 6.54 Å². The number of benzene rings is 2. The van der Waals surface area contributed by atoms with Gasteiger partial charge < -0.3 is 15.4 Å². The normalized spacial score (nSPS) is 11.2. The Morgan fingerprint density at radius 3 is 2.17 bits per heavy atom. The molecule has 2 rings (SSSR count). The molecule has 0 saturated carbocycles. The summed E-state index contributed by atoms with van der Waals surface area (Å²) in [7, 11) is 1.64. The predicted molar refractivity (Wildman–Crippen MR) is 98.5 cm³/mol. The van der Waals surface area contributed by atoms with Gasteiger partial charge in [0.15, 0.2) is 0 Å². The van der Waals surface area contributed by atoms with Crippen molar-refractivity contribution >= 4 is 11.6 Å². The first-order valence-corrected chi connectivity index (χ1v) is 8.12. The van der Waals surface area contributed by atoms with Crippen molar-refractivity contribution in [2.45, 2.75) is 32.7 Å². The van der Waals surface area contributed by atoms with Gasteiger partial charge in [-0.05, 0) is 40.8 Å². The van der Waals surface area contributed by atoms with Crippen LogP contribution in [0.5, 0.6) is 5.75 Å². The van der Waals surface area contributed by atoms with Gasteiger partial charge in [-0.15, -0.1) is 0 Å². The summed E-state index contributed by atoms with van der Waals surface area (Å²) in [6, 6.07) is 15.8. The van der Waals surface area contributed by atoms with Crippen molar-refractivity contribution in [3.05, 3.63) is 59.7 Å². The molecule has 0 atom stereocenters. The topological polar surface area (TPSA) is 50.4 Å². The Bertz CT molecular complexity index is 656. The third-order valence-electron chi connectivity index (χ3n) is 3.81. The van der Waals surface area contributed by atoms with Crippen LogP contribution in [0.2, 0.25) is 0 Å². The molecule has 2 aromatic rings. The maximum Gasteiger partial charge on any atom is 0.238 e. The fourth-order valence-electron chi connectivity index (χ4n) is 2.32. The van der Waals surface area contributed by atoms with Crippen molar-refractivity contribution in [1.29, 1.82) is 0 Å². The van der Waals surface area contributed by atoms with Gasteiger partial charge in [-0.2, -0.15) is 0 Å². The summed E-state index contributed by atoms with van der Waals surface area (Å²) in [6.45, 7) is 7.42. The molecule has 0 saturated heterocycles. The summed E-state index contributed by atoms with van der Waals surface area (Å²) in [5, 5.41) is 6.05. The first-order chi connectivity index (χ1) is 11.4. The Morgan fingerprint density at radius 1 is 1.00 bits per heavy atom. The van der Waals surface area contributed by atoms with Gasteiger partial charge in [-0.25, -0.2) is 0 Å². The molecule has 0 heterocycles. The van der Waals surface area contributed by atoms with Gasteiger partial charge in [0.25, 0.3) is 0 Å². The van der Waals surface area contributed by atoms with E-state index in [2.05, 4.69) is 43.5 Å². The van der Waals surface area contributed by atoms with E-state index in [1.807, 2.05) is 36.4 Å². The van der Waals surface area contributed by atoms with Gasteiger partial charge in [0.05, 0.1) is 13.7 Å². The predicted octanol–water partition coefficient (Wildman–Crippen LogP) is 3.72. The molecule has 4 heteroatoms. The first kappa shape index (κ1) is 18.0. The smallest absolute Gasteiger partial charge is 0.238 e. The zero-order chi connectivity index (χ0) is 17.6. The molecule has 128 valence electrons. The number of amides is 1. The monoisotopic (exact) mass is 326 g/mol. The van der Waals surface area contributed by atoms with E-state index in [9.17, 15) is 4.79 Å². The van der Waals surface area contributed by atoms with Crippen molar-refractivity contribution in [1.82, 2.24) is 5.32 Å². The minimum atomic E-state index is -0.0491. The van der Waals surface area contributed by atoms with Crippen LogP contribution in [0.4, 0.5) is 5.69 Å². The standard InChI is InChI=1S/C20H26N2O2/c1-20(2,3)16-7-9-17(10-8-16)22-19(23)14-21-13-15-5-11-18(24-4)12-6-15/h5-12,21H,13-14H2,1-4H3,(H,22,23). The number of anilines is 1. The lowest BCUT2D eigenvalue weighted by Gasteiger charge is -2.19. The number of ether oxygens (including phenoxy) is 1. The van der Waals surface area contributed by atoms with Crippen LogP contribution in [0.3, 0.4) is 0 Å². The number of nitrogens with one attached hydrogen (secondary N) is 2. The Labute approximate surface area is 144 Å². The molecule has 0 aliphatic rings. The molecule has 0 aliphatic heterocycles. The molecule has 2 N–H and O–H groups in total. The molecule has 0 radical (unpaired) electrons. The second kappa shape index (κ2) is 7.97. The Morgan fingerprint density at radius 2 is 1.62 bits per heavy atom. The van der Waals surface area contributed by atoms with Gasteiger partial charge in [0.1, 0.15) is 5.75 Å². The molecule has 1 amide bonds. The van der Waals surface area contributed by atoms with Gasteiger partial charge >= 0.3 is 0 Å². The summed E-state index contributed by atoms with van der Waals surface area (Å²) in [5.74, 6) is 0.780. The first-order valence-electron chi connectivity index (χ1n) is 8.12. The zero-order valence-electron chi connectivity index (χ0n) is 14.8. The van der Waals surface area contributed by atoms with Crippen LogP contribution in [0.15, 0.2) is 48.5 Å². The number of carbonyl (C=O) groups excluding carboxylic acids is 1. The van der Waals surface area contributed by atoms with Crippen LogP contribution in [0.1, 0.15) is 31.9 Å². The molecule has 0 aromatic heterocycles. The third kappa shape index (κ3) is 5.39. The number of rotatable bonds is 6. The van der Waals surface area contributed by atoms with Crippen molar-refractivity contribution in [2.24, 2.45) is 0 Å². The summed E-state index contributed by atoms with van der Waals surface area (Å²) in [5.41, 5.74) is 3.29. The zero-order valence-corrected chi connectivity index (χ0v) is 14.8. The number of hydrogen-bond donors (Lipinski definition) is 2. The quantitative estimate of drug-likeness (QED) is 0.850. The van der Waals surface area contributed by atoms with Crippen LogP contribution in [-0.4, -0.2) is 19.6 Å². The average Bonchev–Trinajstić information content (AvgIpc) is 2.55. The Kier molecular flexibility index (Phi) is 5.99. The maximum atomic E-state index is 12.0. The number of methoxy groups -OCH3 is 1. The van der Waals surface area contributed by atoms with Crippen LogP contribution in [0.25, 0.3) is 0 Å². The van der Waals surface area contributed by atoms with E-state index in [1.165, 1.54) is 5.56 Å². The lowest BCUT2D eigenvalue weighted by molar-refractivity contribution is -0.115. The molecule has 0 bridgehead atoms. The maximum absolute atomic E-state index is 12.0. The van der Waals surface area contributed by atoms with E-state index in [0.717, 1.165) is 17.0 Å². The van der Waals surface area contributed by atoms with Gasteiger partial charge in [-0.3, -0.25) is 4.79 Å². The van der Waals surface area contributed by atoms with E-state index in [1.54, 1.807) is 7.11 Å². The number of hydrogen-bond acceptors (Lipinski definition) is 3. The van der Waals surface area contributed by atoms with Crippen molar-refractivity contribution in [3.8, 4) is 5.75 Å². The van der Waals surface area contributed by atoms with Crippen LogP contribution < -0.4 is 15.4 Å². The molecule has 0 aliphatic carbocycles. The van der Waals surface area contributed by atoms with Crippen molar-refractivity contribution in [3.63, 3.8) is 0 Å². The summed E-state index contributed by atoms with van der Waals surface area (Å²) in [4.78, 5) is 12.0. The lowest BCUT2D eigenvalue weighted by atomic mass is 9.87. The van der Waals surface area contributed by atoms with Crippen molar-refractivity contribution in [2.75, 3.05) is 19.0 Å². The highest BCUT2D eigenvalue weighted by Crippen LogP contribution is 2.23. The second-order valence-corrected chi connectivity index (χ2v) is 6.83. The SMILES string of the molecule is COc1ccc(CNCC(=O)Nc2ccc(C(C)(C)C)cc2)cc1.